The van der Waals surface area contributed by atoms with E-state index < -0.39 is 6.03 Å². The highest BCUT2D eigenvalue weighted by molar-refractivity contribution is 5.85. The fourth-order valence-corrected chi connectivity index (χ4v) is 3.11. The summed E-state index contributed by atoms with van der Waals surface area (Å²) < 4.78 is 0. The second-order valence-corrected chi connectivity index (χ2v) is 6.07. The van der Waals surface area contributed by atoms with E-state index in [2.05, 4.69) is 10.6 Å². The van der Waals surface area contributed by atoms with Gasteiger partial charge in [0.2, 0.25) is 5.91 Å². The van der Waals surface area contributed by atoms with Gasteiger partial charge in [0.15, 0.2) is 0 Å². The van der Waals surface area contributed by atoms with Gasteiger partial charge in [0, 0.05) is 19.1 Å². The summed E-state index contributed by atoms with van der Waals surface area (Å²) >= 11 is 0. The summed E-state index contributed by atoms with van der Waals surface area (Å²) in [4.78, 5) is 25.8. The van der Waals surface area contributed by atoms with Crippen LogP contribution < -0.4 is 16.4 Å². The van der Waals surface area contributed by atoms with Crippen molar-refractivity contribution in [1.82, 2.24) is 15.5 Å². The molecule has 6 nitrogen and oxygen atoms in total. The number of hydrogen-bond acceptors (Lipinski definition) is 3. The van der Waals surface area contributed by atoms with Crippen LogP contribution in [0.3, 0.4) is 0 Å². The van der Waals surface area contributed by atoms with Gasteiger partial charge < -0.3 is 21.3 Å². The molecule has 1 aliphatic rings. The van der Waals surface area contributed by atoms with E-state index in [1.54, 1.807) is 0 Å². The van der Waals surface area contributed by atoms with Gasteiger partial charge in [0.25, 0.3) is 0 Å². The lowest BCUT2D eigenvalue weighted by atomic mass is 9.97. The maximum Gasteiger partial charge on any atom is 0.312 e. The van der Waals surface area contributed by atoms with Crippen molar-refractivity contribution in [3.63, 3.8) is 0 Å². The van der Waals surface area contributed by atoms with Gasteiger partial charge in [-0.1, -0.05) is 24.3 Å². The summed E-state index contributed by atoms with van der Waals surface area (Å²) in [5.74, 6) is 0.0570. The van der Waals surface area contributed by atoms with E-state index >= 15 is 0 Å². The van der Waals surface area contributed by atoms with E-state index in [0.717, 1.165) is 37.1 Å². The Morgan fingerprint density at radius 1 is 1.29 bits per heavy atom. The Balaban J connectivity index is 0.00000288. The normalized spacial score (nSPS) is 16.2. The molecule has 1 aromatic rings. The zero-order valence-corrected chi connectivity index (χ0v) is 15.1. The van der Waals surface area contributed by atoms with Crippen LogP contribution in [0, 0.1) is 6.92 Å². The number of carbonyl (C=O) groups excluding carboxylic acids is 2. The van der Waals surface area contributed by atoms with Crippen LogP contribution in [0.15, 0.2) is 24.3 Å². The molecular formula is C17H27ClN4O2. The first kappa shape index (κ1) is 20.3. The maximum absolute atomic E-state index is 12.6. The number of primary amides is 1. The summed E-state index contributed by atoms with van der Waals surface area (Å²) in [6, 6.07) is 7.22. The maximum atomic E-state index is 12.6. The molecule has 0 bridgehead atoms. The van der Waals surface area contributed by atoms with Gasteiger partial charge in [-0.25, -0.2) is 4.79 Å². The minimum Gasteiger partial charge on any atom is -0.352 e. The molecule has 1 atom stereocenters. The van der Waals surface area contributed by atoms with Crippen molar-refractivity contribution in [3.05, 3.63) is 35.4 Å². The van der Waals surface area contributed by atoms with E-state index in [9.17, 15) is 9.59 Å². The lowest BCUT2D eigenvalue weighted by molar-refractivity contribution is -0.132. The van der Waals surface area contributed by atoms with Crippen LogP contribution in [0.2, 0.25) is 0 Å². The fraction of sp³-hybridized carbons (Fsp3) is 0.529. The highest BCUT2D eigenvalue weighted by atomic mass is 35.5. The van der Waals surface area contributed by atoms with Gasteiger partial charge in [-0.2, -0.15) is 0 Å². The number of piperidine rings is 1. The number of nitrogens with zero attached hydrogens (tertiary/aromatic N) is 1. The molecule has 0 spiro atoms. The van der Waals surface area contributed by atoms with Crippen LogP contribution in [-0.2, 0) is 4.79 Å². The Kier molecular flexibility index (Phi) is 8.01. The van der Waals surface area contributed by atoms with Crippen molar-refractivity contribution >= 4 is 24.3 Å². The predicted molar refractivity (Wildman–Crippen MR) is 97.2 cm³/mol. The lowest BCUT2D eigenvalue weighted by Crippen LogP contribution is -2.45. The first-order valence-corrected chi connectivity index (χ1v) is 8.07. The summed E-state index contributed by atoms with van der Waals surface area (Å²) in [6.45, 7) is 3.47. The van der Waals surface area contributed by atoms with E-state index in [0.29, 0.717) is 6.04 Å². The smallest absolute Gasteiger partial charge is 0.312 e. The number of benzene rings is 1. The second-order valence-electron chi connectivity index (χ2n) is 6.07. The van der Waals surface area contributed by atoms with Crippen LogP contribution in [-0.4, -0.2) is 43.0 Å². The van der Waals surface area contributed by atoms with Crippen LogP contribution in [0.5, 0.6) is 0 Å². The van der Waals surface area contributed by atoms with Crippen molar-refractivity contribution in [2.75, 3.05) is 20.1 Å². The predicted octanol–water partition coefficient (Wildman–Crippen LogP) is 1.73. The number of nitrogens with one attached hydrogen (secondary N) is 2. The summed E-state index contributed by atoms with van der Waals surface area (Å²) in [5.41, 5.74) is 7.26. The first-order valence-electron chi connectivity index (χ1n) is 8.07. The second kappa shape index (κ2) is 9.49. The number of hydrogen-bond donors (Lipinski definition) is 3. The van der Waals surface area contributed by atoms with E-state index in [1.165, 1.54) is 0 Å². The van der Waals surface area contributed by atoms with E-state index in [1.807, 2.05) is 43.1 Å². The molecule has 1 aliphatic heterocycles. The number of halogens is 1. The quantitative estimate of drug-likeness (QED) is 0.752. The Hall–Kier alpha value is -1.79. The molecule has 1 saturated heterocycles. The zero-order valence-electron chi connectivity index (χ0n) is 14.2. The average Bonchev–Trinajstić information content (AvgIpc) is 2.54. The van der Waals surface area contributed by atoms with Crippen molar-refractivity contribution < 1.29 is 9.59 Å². The number of likely N-dealkylation sites (tertiary alicyclic amines) is 1. The van der Waals surface area contributed by atoms with E-state index in [-0.39, 0.29) is 30.8 Å². The third-order valence-electron chi connectivity index (χ3n) is 4.52. The van der Waals surface area contributed by atoms with E-state index in [4.69, 9.17) is 5.73 Å². The van der Waals surface area contributed by atoms with Crippen LogP contribution >= 0.6 is 12.4 Å². The summed E-state index contributed by atoms with van der Waals surface area (Å²) in [6.07, 6.45) is 2.15. The standard InChI is InChI=1S/C17H26N4O2.ClH/c1-12-5-3-4-6-14(12)15(20-17(18)23)11-16(22)21-9-7-13(19-2)8-10-21;/h3-6,13,15,19H,7-11H2,1-2H3,(H3,18,20,23);1H. The van der Waals surface area contributed by atoms with Crippen molar-refractivity contribution in [1.29, 1.82) is 0 Å². The van der Waals surface area contributed by atoms with Crippen LogP contribution in [0.1, 0.15) is 36.4 Å². The highest BCUT2D eigenvalue weighted by Gasteiger charge is 2.25. The van der Waals surface area contributed by atoms with Crippen molar-refractivity contribution in [2.45, 2.75) is 38.3 Å². The summed E-state index contributed by atoms with van der Waals surface area (Å²) in [5, 5.41) is 5.96. The largest absolute Gasteiger partial charge is 0.352 e. The molecule has 7 heteroatoms. The van der Waals surface area contributed by atoms with Gasteiger partial charge in [-0.05, 0) is 37.9 Å². The molecule has 24 heavy (non-hydrogen) atoms. The number of aryl methyl sites for hydroxylation is 1. The molecule has 0 saturated carbocycles. The number of rotatable bonds is 5. The Morgan fingerprint density at radius 2 is 1.92 bits per heavy atom. The van der Waals surface area contributed by atoms with Crippen molar-refractivity contribution in [2.24, 2.45) is 5.73 Å². The molecule has 1 aromatic carbocycles. The lowest BCUT2D eigenvalue weighted by Gasteiger charge is -2.33. The Labute approximate surface area is 149 Å². The van der Waals surface area contributed by atoms with Crippen molar-refractivity contribution in [3.8, 4) is 0 Å². The molecule has 0 aromatic heterocycles. The van der Waals surface area contributed by atoms with Gasteiger partial charge in [0.05, 0.1) is 12.5 Å². The molecule has 0 radical (unpaired) electrons. The third kappa shape index (κ3) is 5.39. The zero-order chi connectivity index (χ0) is 16.8. The molecule has 3 amide bonds. The molecule has 4 N–H and O–H groups in total. The van der Waals surface area contributed by atoms with Gasteiger partial charge in [-0.3, -0.25) is 4.79 Å². The Morgan fingerprint density at radius 3 is 2.46 bits per heavy atom. The van der Waals surface area contributed by atoms with Gasteiger partial charge >= 0.3 is 6.03 Å². The highest BCUT2D eigenvalue weighted by Crippen LogP contribution is 2.22. The molecule has 1 heterocycles. The molecule has 1 fully saturated rings. The first-order chi connectivity index (χ1) is 11.0. The third-order valence-corrected chi connectivity index (χ3v) is 4.52. The fourth-order valence-electron chi connectivity index (χ4n) is 3.11. The monoisotopic (exact) mass is 354 g/mol. The molecule has 2 rings (SSSR count). The van der Waals surface area contributed by atoms with Gasteiger partial charge in [0.1, 0.15) is 0 Å². The molecule has 0 aliphatic carbocycles. The number of carbonyl (C=O) groups is 2. The minimum atomic E-state index is -0.611. The molecule has 1 unspecified atom stereocenters. The SMILES string of the molecule is CNC1CCN(C(=O)CC(NC(N)=O)c2ccccc2C)CC1.Cl. The van der Waals surface area contributed by atoms with Gasteiger partial charge in [-0.15, -0.1) is 12.4 Å². The average molecular weight is 355 g/mol. The number of amides is 3. The summed E-state index contributed by atoms with van der Waals surface area (Å²) in [7, 11) is 1.95. The Bertz CT molecular complexity index is 559. The minimum absolute atomic E-state index is 0. The molecule has 134 valence electrons. The topological polar surface area (TPSA) is 87.5 Å². The molecular weight excluding hydrogens is 328 g/mol. The number of nitrogens with two attached hydrogens (primary N) is 1. The number of urea groups is 1. The van der Waals surface area contributed by atoms with Crippen LogP contribution in [0.4, 0.5) is 4.79 Å². The van der Waals surface area contributed by atoms with Crippen LogP contribution in [0.25, 0.3) is 0 Å².